The molecule has 1 N–H and O–H groups in total. The Balaban J connectivity index is 1.80. The first kappa shape index (κ1) is 19.8. The van der Waals surface area contributed by atoms with Crippen LogP contribution in [0.3, 0.4) is 0 Å². The third-order valence-corrected chi connectivity index (χ3v) is 4.49. The van der Waals surface area contributed by atoms with Crippen molar-refractivity contribution in [1.82, 2.24) is 5.32 Å². The maximum absolute atomic E-state index is 12.3. The summed E-state index contributed by atoms with van der Waals surface area (Å²) < 4.78 is 10.7. The third kappa shape index (κ3) is 6.07. The summed E-state index contributed by atoms with van der Waals surface area (Å²) in [5.41, 5.74) is 0.511. The molecular formula is C20H26N2O4. The van der Waals surface area contributed by atoms with Crippen LogP contribution in [0.1, 0.15) is 57.9 Å². The minimum atomic E-state index is -0.863. The van der Waals surface area contributed by atoms with Crippen molar-refractivity contribution in [3.05, 3.63) is 29.8 Å². The number of hydrogen-bond donors (Lipinski definition) is 1. The summed E-state index contributed by atoms with van der Waals surface area (Å²) in [5.74, 6) is -0.405. The lowest BCUT2D eigenvalue weighted by Gasteiger charge is -2.21. The van der Waals surface area contributed by atoms with Crippen LogP contribution in [0.4, 0.5) is 0 Å². The van der Waals surface area contributed by atoms with E-state index >= 15 is 0 Å². The summed E-state index contributed by atoms with van der Waals surface area (Å²) in [6.45, 7) is 3.13. The zero-order chi connectivity index (χ0) is 18.9. The van der Waals surface area contributed by atoms with Crippen molar-refractivity contribution >= 4 is 11.9 Å². The van der Waals surface area contributed by atoms with E-state index in [0.717, 1.165) is 25.7 Å². The van der Waals surface area contributed by atoms with Crippen molar-refractivity contribution < 1.29 is 19.1 Å². The highest BCUT2D eigenvalue weighted by molar-refractivity contribution is 5.84. The van der Waals surface area contributed by atoms with Crippen LogP contribution in [0.5, 0.6) is 5.75 Å². The van der Waals surface area contributed by atoms with Crippen LogP contribution in [0.25, 0.3) is 0 Å². The fraction of sp³-hybridized carbons (Fsp3) is 0.550. The normalized spacial score (nSPS) is 17.3. The average molecular weight is 358 g/mol. The molecular weight excluding hydrogens is 332 g/mol. The molecule has 0 unspecified atom stereocenters. The van der Waals surface area contributed by atoms with Crippen LogP contribution in [-0.4, -0.2) is 30.1 Å². The SMILES string of the molecule is C[C@@H](OC(=O)[C@@H](C)Oc1ccc(C#N)cc1)C(=O)NC1CCCCCC1. The first-order valence-electron chi connectivity index (χ1n) is 9.17. The van der Waals surface area contributed by atoms with Crippen LogP contribution in [0.15, 0.2) is 24.3 Å². The Hall–Kier alpha value is -2.55. The number of amides is 1. The summed E-state index contributed by atoms with van der Waals surface area (Å²) >= 11 is 0. The molecule has 0 radical (unpaired) electrons. The number of carbonyl (C=O) groups is 2. The van der Waals surface area contributed by atoms with E-state index in [4.69, 9.17) is 14.7 Å². The topological polar surface area (TPSA) is 88.4 Å². The highest BCUT2D eigenvalue weighted by atomic mass is 16.6. The highest BCUT2D eigenvalue weighted by Crippen LogP contribution is 2.18. The Labute approximate surface area is 154 Å². The second-order valence-electron chi connectivity index (χ2n) is 6.67. The number of benzene rings is 1. The minimum Gasteiger partial charge on any atom is -0.479 e. The molecule has 1 saturated carbocycles. The molecule has 1 amide bonds. The van der Waals surface area contributed by atoms with Gasteiger partial charge in [0.25, 0.3) is 5.91 Å². The molecule has 0 aliphatic heterocycles. The lowest BCUT2D eigenvalue weighted by molar-refractivity contribution is -0.161. The fourth-order valence-corrected chi connectivity index (χ4v) is 2.93. The Bertz CT molecular complexity index is 643. The smallest absolute Gasteiger partial charge is 0.347 e. The molecule has 2 atom stereocenters. The van der Waals surface area contributed by atoms with Gasteiger partial charge < -0.3 is 14.8 Å². The Morgan fingerprint density at radius 2 is 1.69 bits per heavy atom. The molecule has 1 fully saturated rings. The number of nitriles is 1. The molecule has 0 heterocycles. The molecule has 6 nitrogen and oxygen atoms in total. The van der Waals surface area contributed by atoms with E-state index in [0.29, 0.717) is 11.3 Å². The standard InChI is InChI=1S/C20H26N2O4/c1-14(19(23)22-17-7-5-3-4-6-8-17)26-20(24)15(2)25-18-11-9-16(13-21)10-12-18/h9-12,14-15,17H,3-8H2,1-2H3,(H,22,23)/t14-,15-/m1/s1. The molecule has 1 aliphatic rings. The van der Waals surface area contributed by atoms with Gasteiger partial charge in [-0.2, -0.15) is 5.26 Å². The number of ether oxygens (including phenoxy) is 2. The molecule has 1 aromatic rings. The first-order chi connectivity index (χ1) is 12.5. The van der Waals surface area contributed by atoms with Crippen LogP contribution >= 0.6 is 0 Å². The Morgan fingerprint density at radius 1 is 1.08 bits per heavy atom. The zero-order valence-corrected chi connectivity index (χ0v) is 15.4. The quantitative estimate of drug-likeness (QED) is 0.623. The molecule has 0 spiro atoms. The Kier molecular flexibility index (Phi) is 7.46. The highest BCUT2D eigenvalue weighted by Gasteiger charge is 2.25. The molecule has 0 saturated heterocycles. The van der Waals surface area contributed by atoms with E-state index in [1.807, 2.05) is 6.07 Å². The first-order valence-corrected chi connectivity index (χ1v) is 9.17. The van der Waals surface area contributed by atoms with Gasteiger partial charge in [-0.3, -0.25) is 4.79 Å². The van der Waals surface area contributed by atoms with Gasteiger partial charge in [0.1, 0.15) is 5.75 Å². The number of carbonyl (C=O) groups excluding carboxylic acids is 2. The van der Waals surface area contributed by atoms with E-state index in [1.165, 1.54) is 12.8 Å². The second kappa shape index (κ2) is 9.81. The number of hydrogen-bond acceptors (Lipinski definition) is 5. The van der Waals surface area contributed by atoms with Gasteiger partial charge >= 0.3 is 5.97 Å². The maximum atomic E-state index is 12.3. The number of esters is 1. The van der Waals surface area contributed by atoms with E-state index < -0.39 is 18.2 Å². The summed E-state index contributed by atoms with van der Waals surface area (Å²) in [4.78, 5) is 24.4. The predicted molar refractivity (Wildman–Crippen MR) is 96.4 cm³/mol. The second-order valence-corrected chi connectivity index (χ2v) is 6.67. The van der Waals surface area contributed by atoms with E-state index in [1.54, 1.807) is 38.1 Å². The molecule has 6 heteroatoms. The minimum absolute atomic E-state index is 0.165. The van der Waals surface area contributed by atoms with Gasteiger partial charge in [-0.05, 0) is 51.0 Å². The number of nitrogens with zero attached hydrogens (tertiary/aromatic N) is 1. The Morgan fingerprint density at radius 3 is 2.27 bits per heavy atom. The maximum Gasteiger partial charge on any atom is 0.347 e. The van der Waals surface area contributed by atoms with Crippen molar-refractivity contribution in [1.29, 1.82) is 5.26 Å². The average Bonchev–Trinajstić information content (AvgIpc) is 2.90. The van der Waals surface area contributed by atoms with Crippen molar-refractivity contribution in [3.63, 3.8) is 0 Å². The van der Waals surface area contributed by atoms with E-state index in [-0.39, 0.29) is 11.9 Å². The van der Waals surface area contributed by atoms with Gasteiger partial charge in [0.15, 0.2) is 12.2 Å². The monoisotopic (exact) mass is 358 g/mol. The van der Waals surface area contributed by atoms with Gasteiger partial charge in [0.05, 0.1) is 11.6 Å². The molecule has 0 bridgehead atoms. The van der Waals surface area contributed by atoms with Crippen molar-refractivity contribution in [2.75, 3.05) is 0 Å². The number of rotatable bonds is 6. The lowest BCUT2D eigenvalue weighted by atomic mass is 10.1. The van der Waals surface area contributed by atoms with Crippen LogP contribution < -0.4 is 10.1 Å². The molecule has 1 aromatic carbocycles. The number of nitrogens with one attached hydrogen (secondary N) is 1. The molecule has 140 valence electrons. The van der Waals surface area contributed by atoms with Crippen molar-refractivity contribution in [3.8, 4) is 11.8 Å². The van der Waals surface area contributed by atoms with E-state index in [2.05, 4.69) is 5.32 Å². The van der Waals surface area contributed by atoms with Gasteiger partial charge in [-0.1, -0.05) is 25.7 Å². The van der Waals surface area contributed by atoms with Crippen LogP contribution in [0.2, 0.25) is 0 Å². The summed E-state index contributed by atoms with van der Waals surface area (Å²) in [6, 6.07) is 8.63. The van der Waals surface area contributed by atoms with Gasteiger partial charge in [-0.15, -0.1) is 0 Å². The summed E-state index contributed by atoms with van der Waals surface area (Å²) in [5, 5.41) is 11.8. The fourth-order valence-electron chi connectivity index (χ4n) is 2.93. The van der Waals surface area contributed by atoms with Gasteiger partial charge in [0, 0.05) is 6.04 Å². The van der Waals surface area contributed by atoms with Crippen LogP contribution in [-0.2, 0) is 14.3 Å². The molecule has 0 aromatic heterocycles. The van der Waals surface area contributed by atoms with Crippen molar-refractivity contribution in [2.24, 2.45) is 0 Å². The molecule has 2 rings (SSSR count). The zero-order valence-electron chi connectivity index (χ0n) is 15.4. The van der Waals surface area contributed by atoms with E-state index in [9.17, 15) is 9.59 Å². The van der Waals surface area contributed by atoms with Gasteiger partial charge in [-0.25, -0.2) is 4.79 Å². The lowest BCUT2D eigenvalue weighted by Crippen LogP contribution is -2.43. The molecule has 1 aliphatic carbocycles. The van der Waals surface area contributed by atoms with Crippen molar-refractivity contribution in [2.45, 2.75) is 70.6 Å². The summed E-state index contributed by atoms with van der Waals surface area (Å²) in [6.07, 6.45) is 4.90. The van der Waals surface area contributed by atoms with Crippen LogP contribution in [0, 0.1) is 11.3 Å². The predicted octanol–water partition coefficient (Wildman–Crippen LogP) is 3.10. The largest absolute Gasteiger partial charge is 0.479 e. The van der Waals surface area contributed by atoms with Gasteiger partial charge in [0.2, 0.25) is 0 Å². The molecule has 26 heavy (non-hydrogen) atoms. The third-order valence-electron chi connectivity index (χ3n) is 4.49. The summed E-state index contributed by atoms with van der Waals surface area (Å²) in [7, 11) is 0.